The fourth-order valence-corrected chi connectivity index (χ4v) is 6.13. The fourth-order valence-electron chi connectivity index (χ4n) is 6.13. The molecule has 4 heterocycles. The Hall–Kier alpha value is -3.79. The number of nitrogens with zero attached hydrogens (tertiary/aromatic N) is 3. The molecule has 2 aliphatic heterocycles. The predicted molar refractivity (Wildman–Crippen MR) is 147 cm³/mol. The molecule has 1 atom stereocenters. The lowest BCUT2D eigenvalue weighted by atomic mass is 9.80. The molecule has 1 saturated heterocycles. The van der Waals surface area contributed by atoms with Crippen molar-refractivity contribution in [3.63, 3.8) is 0 Å². The lowest BCUT2D eigenvalue weighted by Gasteiger charge is -2.39. The van der Waals surface area contributed by atoms with Crippen LogP contribution in [0.2, 0.25) is 0 Å². The van der Waals surface area contributed by atoms with Gasteiger partial charge in [-0.3, -0.25) is 14.7 Å². The number of alkyl halides is 1. The van der Waals surface area contributed by atoms with Gasteiger partial charge in [-0.1, -0.05) is 30.3 Å². The van der Waals surface area contributed by atoms with Crippen molar-refractivity contribution in [1.29, 1.82) is 0 Å². The van der Waals surface area contributed by atoms with E-state index in [1.807, 2.05) is 24.4 Å². The second kappa shape index (κ2) is 10.9. The van der Waals surface area contributed by atoms with Gasteiger partial charge in [-0.05, 0) is 65.4 Å². The molecule has 4 aromatic rings. The highest BCUT2D eigenvalue weighted by atomic mass is 19.2. The van der Waals surface area contributed by atoms with E-state index in [0.29, 0.717) is 18.7 Å². The van der Waals surface area contributed by atoms with Crippen LogP contribution in [-0.2, 0) is 35.6 Å². The van der Waals surface area contributed by atoms with Crippen molar-refractivity contribution < 1.29 is 23.0 Å². The summed E-state index contributed by atoms with van der Waals surface area (Å²) in [5, 5.41) is 12.1. The van der Waals surface area contributed by atoms with E-state index in [9.17, 15) is 23.1 Å². The average Bonchev–Trinajstić information content (AvgIpc) is 3.35. The molecule has 0 radical (unpaired) electrons. The molecule has 2 aliphatic rings. The Balaban J connectivity index is 1.26. The first-order valence-electron chi connectivity index (χ1n) is 13.7. The minimum absolute atomic E-state index is 0.00749. The van der Waals surface area contributed by atoms with Crippen LogP contribution >= 0.6 is 0 Å². The van der Waals surface area contributed by atoms with E-state index in [4.69, 9.17) is 4.74 Å². The highest BCUT2D eigenvalue weighted by Crippen LogP contribution is 2.44. The molecule has 2 aromatic heterocycles. The molecule has 9 heteroatoms. The van der Waals surface area contributed by atoms with Crippen LogP contribution in [0.5, 0.6) is 0 Å². The van der Waals surface area contributed by atoms with Crippen LogP contribution in [0.25, 0.3) is 0 Å². The molecule has 1 spiro atoms. The summed E-state index contributed by atoms with van der Waals surface area (Å²) in [4.78, 5) is 19.9. The van der Waals surface area contributed by atoms with E-state index in [1.54, 1.807) is 18.3 Å². The number of aliphatic hydroxyl groups is 1. The average molecular weight is 562 g/mol. The molecule has 0 saturated carbocycles. The Morgan fingerprint density at radius 2 is 1.76 bits per heavy atom. The largest absolute Gasteiger partial charge is 0.376 e. The molecule has 212 valence electrons. The van der Waals surface area contributed by atoms with Gasteiger partial charge in [-0.15, -0.1) is 0 Å². The summed E-state index contributed by atoms with van der Waals surface area (Å²) in [6.07, 6.45) is 6.86. The number of rotatable bonds is 7. The zero-order chi connectivity index (χ0) is 28.6. The van der Waals surface area contributed by atoms with Crippen LogP contribution in [0, 0.1) is 11.6 Å². The van der Waals surface area contributed by atoms with Crippen molar-refractivity contribution in [2.45, 2.75) is 43.7 Å². The number of aromatic nitrogens is 2. The molecule has 41 heavy (non-hydrogen) atoms. The molecule has 1 N–H and O–H groups in total. The number of fused-ring (bicyclic) bond motifs is 2. The summed E-state index contributed by atoms with van der Waals surface area (Å²) < 4.78 is 48.6. The highest BCUT2D eigenvalue weighted by molar-refractivity contribution is 5.47. The number of benzene rings is 2. The van der Waals surface area contributed by atoms with E-state index < -0.39 is 29.5 Å². The number of ether oxygens (including phenoxy) is 1. The molecule has 1 unspecified atom stereocenters. The Morgan fingerprint density at radius 3 is 2.49 bits per heavy atom. The molecular weight excluding hydrogens is 531 g/mol. The Morgan fingerprint density at radius 1 is 1.00 bits per heavy atom. The molecule has 1 fully saturated rings. The highest BCUT2D eigenvalue weighted by Gasteiger charge is 2.43. The summed E-state index contributed by atoms with van der Waals surface area (Å²) >= 11 is 0. The third-order valence-electron chi connectivity index (χ3n) is 8.42. The number of piperidine rings is 1. The van der Waals surface area contributed by atoms with Crippen molar-refractivity contribution >= 4 is 0 Å². The van der Waals surface area contributed by atoms with Crippen molar-refractivity contribution in [1.82, 2.24) is 14.5 Å². The van der Waals surface area contributed by atoms with E-state index in [1.165, 1.54) is 35.5 Å². The molecule has 6 rings (SSSR count). The van der Waals surface area contributed by atoms with Gasteiger partial charge in [0.15, 0.2) is 11.6 Å². The maximum absolute atomic E-state index is 14.3. The van der Waals surface area contributed by atoms with Gasteiger partial charge in [-0.2, -0.15) is 0 Å². The zero-order valence-electron chi connectivity index (χ0n) is 22.4. The molecule has 2 aromatic carbocycles. The topological polar surface area (TPSA) is 67.6 Å². The standard InChI is InChI=1S/C32H30F3N3O3/c33-12-17-38-14-1-2-26(30(38)39)32(40,25-7-8-28(34)29(35)18-25)24-5-3-22(4-6-24)20-37-15-10-31(11-16-37)27-19-36-13-9-23(27)21-41-31/h1-9,13-14,18-19,40H,10-12,15-17,20-21H2. The molecular formula is C32H30F3N3O3. The first-order valence-corrected chi connectivity index (χ1v) is 13.7. The first kappa shape index (κ1) is 27.4. The summed E-state index contributed by atoms with van der Waals surface area (Å²) in [7, 11) is 0. The summed E-state index contributed by atoms with van der Waals surface area (Å²) in [5.74, 6) is -2.22. The van der Waals surface area contributed by atoms with Crippen molar-refractivity contribution in [2.75, 3.05) is 19.8 Å². The van der Waals surface area contributed by atoms with Crippen molar-refractivity contribution in [3.05, 3.63) is 135 Å². The van der Waals surface area contributed by atoms with E-state index >= 15 is 0 Å². The van der Waals surface area contributed by atoms with E-state index in [-0.39, 0.29) is 23.3 Å². The number of hydrogen-bond acceptors (Lipinski definition) is 5. The summed E-state index contributed by atoms with van der Waals surface area (Å²) in [6, 6.07) is 15.1. The number of aryl methyl sites for hydroxylation is 1. The third-order valence-corrected chi connectivity index (χ3v) is 8.42. The number of hydrogen-bond donors (Lipinski definition) is 1. The van der Waals surface area contributed by atoms with Crippen molar-refractivity contribution in [3.8, 4) is 0 Å². The summed E-state index contributed by atoms with van der Waals surface area (Å²) in [6.45, 7) is 2.01. The normalized spacial score (nSPS) is 17.9. The van der Waals surface area contributed by atoms with Crippen LogP contribution in [0.1, 0.15) is 46.2 Å². The number of pyridine rings is 2. The third kappa shape index (κ3) is 4.88. The first-order chi connectivity index (χ1) is 19.8. The van der Waals surface area contributed by atoms with Crippen molar-refractivity contribution in [2.24, 2.45) is 0 Å². The molecule has 0 bridgehead atoms. The maximum atomic E-state index is 14.3. The van der Waals surface area contributed by atoms with Crippen LogP contribution in [0.4, 0.5) is 13.2 Å². The summed E-state index contributed by atoms with van der Waals surface area (Å²) in [5.41, 5.74) is 0.608. The van der Waals surface area contributed by atoms with E-state index in [0.717, 1.165) is 48.2 Å². The molecule has 6 nitrogen and oxygen atoms in total. The minimum atomic E-state index is -2.10. The maximum Gasteiger partial charge on any atom is 0.257 e. The van der Waals surface area contributed by atoms with Gasteiger partial charge in [0.25, 0.3) is 5.56 Å². The number of likely N-dealkylation sites (tertiary alicyclic amines) is 1. The smallest absolute Gasteiger partial charge is 0.257 e. The quantitative estimate of drug-likeness (QED) is 0.351. The van der Waals surface area contributed by atoms with Gasteiger partial charge < -0.3 is 14.4 Å². The lowest BCUT2D eigenvalue weighted by Crippen LogP contribution is -2.42. The lowest BCUT2D eigenvalue weighted by molar-refractivity contribution is -0.0800. The monoisotopic (exact) mass is 561 g/mol. The van der Waals surface area contributed by atoms with Crippen LogP contribution < -0.4 is 5.56 Å². The number of halogens is 3. The van der Waals surface area contributed by atoms with Gasteiger partial charge in [-0.25, -0.2) is 13.2 Å². The Bertz CT molecular complexity index is 1620. The SMILES string of the molecule is O=c1c(C(O)(c2ccc(CN3CCC4(CC3)OCc3ccncc34)cc2)c2ccc(F)c(F)c2)cccn1CCF. The van der Waals surface area contributed by atoms with Gasteiger partial charge in [0, 0.05) is 43.8 Å². The second-order valence-corrected chi connectivity index (χ2v) is 10.7. The van der Waals surface area contributed by atoms with Crippen LogP contribution in [0.3, 0.4) is 0 Å². The molecule has 0 aliphatic carbocycles. The second-order valence-electron chi connectivity index (χ2n) is 10.7. The predicted octanol–water partition coefficient (Wildman–Crippen LogP) is 4.80. The molecule has 0 amide bonds. The Kier molecular flexibility index (Phi) is 7.27. The zero-order valence-corrected chi connectivity index (χ0v) is 22.4. The minimum Gasteiger partial charge on any atom is -0.376 e. The van der Waals surface area contributed by atoms with Gasteiger partial charge >= 0.3 is 0 Å². The Labute approximate surface area is 235 Å². The van der Waals surface area contributed by atoms with Crippen LogP contribution in [-0.4, -0.2) is 39.3 Å². The van der Waals surface area contributed by atoms with Crippen LogP contribution in [0.15, 0.2) is 84.0 Å². The fraction of sp³-hybridized carbons (Fsp3) is 0.312. The van der Waals surface area contributed by atoms with Gasteiger partial charge in [0.2, 0.25) is 0 Å². The van der Waals surface area contributed by atoms with Gasteiger partial charge in [0.1, 0.15) is 12.3 Å². The van der Waals surface area contributed by atoms with Gasteiger partial charge in [0.05, 0.1) is 24.3 Å². The van der Waals surface area contributed by atoms with E-state index in [2.05, 4.69) is 9.88 Å².